The van der Waals surface area contributed by atoms with Crippen molar-refractivity contribution < 1.29 is 18.7 Å². The zero-order chi connectivity index (χ0) is 25.2. The smallest absolute Gasteiger partial charge is 0.323 e. The number of carboxylic acid groups (broad SMARTS) is 1. The molecule has 2 unspecified atom stereocenters. The number of hydrogen-bond acceptors (Lipinski definition) is 9. The molecule has 0 aliphatic rings. The molecule has 0 amide bonds. The topological polar surface area (TPSA) is 223 Å². The molecule has 0 aromatic carbocycles. The summed E-state index contributed by atoms with van der Waals surface area (Å²) in [5.74, 6) is -1.40. The van der Waals surface area contributed by atoms with Crippen molar-refractivity contribution in [2.45, 2.75) is 45.6 Å². The summed E-state index contributed by atoms with van der Waals surface area (Å²) in [6.07, 6.45) is 0. The highest BCUT2D eigenvalue weighted by Gasteiger charge is 2.27. The Kier molecular flexibility index (Phi) is 6.87. The van der Waals surface area contributed by atoms with Crippen LogP contribution in [-0.4, -0.2) is 55.7 Å². The van der Waals surface area contributed by atoms with E-state index in [-0.39, 0.29) is 29.8 Å². The number of azo groups is 1. The maximum absolute atomic E-state index is 11.3. The first kappa shape index (κ1) is 24.6. The number of aromatic amines is 1. The van der Waals surface area contributed by atoms with Crippen LogP contribution in [0.25, 0.3) is 5.65 Å². The van der Waals surface area contributed by atoms with Crippen molar-refractivity contribution in [2.75, 3.05) is 6.54 Å². The molecule has 0 aliphatic carbocycles. The van der Waals surface area contributed by atoms with Crippen molar-refractivity contribution in [3.63, 3.8) is 0 Å². The summed E-state index contributed by atoms with van der Waals surface area (Å²) in [6, 6.07) is 3.52. The van der Waals surface area contributed by atoms with E-state index in [1.807, 2.05) is 20.8 Å². The van der Waals surface area contributed by atoms with Crippen LogP contribution in [0.2, 0.25) is 0 Å². The summed E-state index contributed by atoms with van der Waals surface area (Å²) < 4.78 is 24.6. The van der Waals surface area contributed by atoms with Crippen molar-refractivity contribution in [3.8, 4) is 12.1 Å². The van der Waals surface area contributed by atoms with Crippen LogP contribution in [0.1, 0.15) is 56.5 Å². The highest BCUT2D eigenvalue weighted by molar-refractivity contribution is 7.77. The number of nitriles is 2. The molecule has 3 rings (SSSR count). The fraction of sp³-hybridized carbons (Fsp3) is 0.444. The van der Waals surface area contributed by atoms with Crippen LogP contribution in [0.3, 0.4) is 0 Å². The number of carboxylic acids is 1. The number of imidazole rings is 1. The second kappa shape index (κ2) is 9.48. The van der Waals surface area contributed by atoms with Gasteiger partial charge in [-0.15, -0.1) is 15.3 Å². The van der Waals surface area contributed by atoms with Crippen LogP contribution >= 0.6 is 0 Å². The minimum atomic E-state index is -2.17. The van der Waals surface area contributed by atoms with Crippen LogP contribution in [-0.2, 0) is 28.0 Å². The lowest BCUT2D eigenvalue weighted by Gasteiger charge is -2.16. The predicted octanol–water partition coefficient (Wildman–Crippen LogP) is 1.62. The minimum Gasteiger partial charge on any atom is -0.480 e. The zero-order valence-corrected chi connectivity index (χ0v) is 19.5. The zero-order valence-electron chi connectivity index (χ0n) is 18.6. The van der Waals surface area contributed by atoms with Crippen molar-refractivity contribution in [1.29, 1.82) is 10.5 Å². The second-order valence-electron chi connectivity index (χ2n) is 8.30. The van der Waals surface area contributed by atoms with Gasteiger partial charge in [-0.1, -0.05) is 27.7 Å². The molecule has 0 saturated carbocycles. The van der Waals surface area contributed by atoms with Crippen molar-refractivity contribution >= 4 is 34.5 Å². The normalized spacial score (nSPS) is 13.7. The van der Waals surface area contributed by atoms with E-state index >= 15 is 0 Å². The summed E-state index contributed by atoms with van der Waals surface area (Å²) in [7, 11) is 0. The average molecular weight is 488 g/mol. The predicted molar refractivity (Wildman–Crippen MR) is 117 cm³/mol. The number of carbonyl (C=O) groups is 1. The Labute approximate surface area is 195 Å². The van der Waals surface area contributed by atoms with Gasteiger partial charge >= 0.3 is 5.97 Å². The van der Waals surface area contributed by atoms with Gasteiger partial charge in [0.05, 0.1) is 5.69 Å². The molecule has 2 atom stereocenters. The highest BCUT2D eigenvalue weighted by Crippen LogP contribution is 2.35. The lowest BCUT2D eigenvalue weighted by molar-refractivity contribution is -0.137. The van der Waals surface area contributed by atoms with Crippen molar-refractivity contribution in [3.05, 3.63) is 22.9 Å². The fourth-order valence-electron chi connectivity index (χ4n) is 3.03. The first-order valence-corrected chi connectivity index (χ1v) is 10.9. The van der Waals surface area contributed by atoms with E-state index < -0.39 is 29.2 Å². The van der Waals surface area contributed by atoms with Crippen LogP contribution in [0.15, 0.2) is 10.2 Å². The fourth-order valence-corrected chi connectivity index (χ4v) is 3.42. The third-order valence-corrected chi connectivity index (χ3v) is 5.10. The van der Waals surface area contributed by atoms with Gasteiger partial charge < -0.3 is 5.11 Å². The lowest BCUT2D eigenvalue weighted by Crippen LogP contribution is -2.22. The Bertz CT molecular complexity index is 1380. The number of nitrogens with one attached hydrogen (secondary N) is 2. The second-order valence-corrected chi connectivity index (χ2v) is 9.09. The number of fused-ring (bicyclic) bond motifs is 1. The van der Waals surface area contributed by atoms with E-state index in [2.05, 4.69) is 35.1 Å². The van der Waals surface area contributed by atoms with Gasteiger partial charge in [0.25, 0.3) is 5.95 Å². The van der Waals surface area contributed by atoms with E-state index in [4.69, 9.17) is 4.55 Å². The van der Waals surface area contributed by atoms with Gasteiger partial charge in [-0.05, 0) is 0 Å². The molecule has 4 N–H and O–H groups in total. The van der Waals surface area contributed by atoms with Gasteiger partial charge in [-0.2, -0.15) is 20.1 Å². The first-order chi connectivity index (χ1) is 16.0. The third kappa shape index (κ3) is 4.99. The van der Waals surface area contributed by atoms with E-state index in [0.29, 0.717) is 22.9 Å². The van der Waals surface area contributed by atoms with E-state index in [9.17, 15) is 24.6 Å². The van der Waals surface area contributed by atoms with Crippen LogP contribution in [0.4, 0.5) is 11.6 Å². The molecular formula is C18H21N11O4S. The van der Waals surface area contributed by atoms with Gasteiger partial charge in [-0.3, -0.25) is 19.0 Å². The molecule has 3 aromatic rings. The Morgan fingerprint density at radius 2 is 2.00 bits per heavy atom. The standard InChI is InChI=1S/C18H21N11O4S/c1-9(7-21-34(32)33)15-23-16-13(14(18(2,3)4)26-29(16)27-15)24-25-17-22-10(5-19)11(6-20)28(17)8-12(30)31/h9,21,26H,7-8H2,1-4H3,(H,30,31)(H,32,33). The first-order valence-electron chi connectivity index (χ1n) is 9.84. The van der Waals surface area contributed by atoms with E-state index in [1.165, 1.54) is 4.63 Å². The molecule has 0 saturated heterocycles. The Hall–Kier alpha value is -3.99. The minimum absolute atomic E-state index is 0.153. The molecule has 0 spiro atoms. The van der Waals surface area contributed by atoms with Gasteiger partial charge in [0, 0.05) is 17.9 Å². The molecule has 3 heterocycles. The molecule has 3 aromatic heterocycles. The third-order valence-electron chi connectivity index (χ3n) is 4.69. The summed E-state index contributed by atoms with van der Waals surface area (Å²) in [5, 5.41) is 43.5. The Balaban J connectivity index is 2.11. The number of aromatic nitrogens is 6. The lowest BCUT2D eigenvalue weighted by atomic mass is 9.91. The van der Waals surface area contributed by atoms with E-state index in [0.717, 1.165) is 4.57 Å². The molecule has 34 heavy (non-hydrogen) atoms. The Morgan fingerprint density at radius 3 is 2.56 bits per heavy atom. The van der Waals surface area contributed by atoms with Crippen molar-refractivity contribution in [1.82, 2.24) is 34.1 Å². The quantitative estimate of drug-likeness (QED) is 0.267. The number of aliphatic carboxylic acids is 1. The maximum Gasteiger partial charge on any atom is 0.323 e. The molecule has 15 nitrogen and oxygen atoms in total. The number of hydrogen-bond donors (Lipinski definition) is 4. The Morgan fingerprint density at radius 1 is 1.29 bits per heavy atom. The highest BCUT2D eigenvalue weighted by atomic mass is 32.2. The molecule has 0 radical (unpaired) electrons. The monoisotopic (exact) mass is 487 g/mol. The molecule has 0 bridgehead atoms. The van der Waals surface area contributed by atoms with Gasteiger partial charge in [0.15, 0.2) is 22.9 Å². The maximum atomic E-state index is 11.3. The SMILES string of the molecule is CC(CNS(=O)O)c1nc2c(N=Nc3nc(C#N)c(C#N)n3CC(=O)O)c(C(C)(C)C)[nH]n2n1. The molecule has 16 heteroatoms. The van der Waals surface area contributed by atoms with Crippen LogP contribution in [0, 0.1) is 22.7 Å². The molecule has 0 aliphatic heterocycles. The largest absolute Gasteiger partial charge is 0.480 e. The van der Waals surface area contributed by atoms with Crippen molar-refractivity contribution in [2.24, 2.45) is 10.2 Å². The summed E-state index contributed by atoms with van der Waals surface area (Å²) in [4.78, 5) is 19.7. The van der Waals surface area contributed by atoms with Gasteiger partial charge in [0.1, 0.15) is 18.7 Å². The van der Waals surface area contributed by atoms with Crippen LogP contribution in [0.5, 0.6) is 0 Å². The number of nitrogens with zero attached hydrogens (tertiary/aromatic N) is 9. The average Bonchev–Trinajstić information content (AvgIpc) is 3.40. The molecule has 0 fully saturated rings. The van der Waals surface area contributed by atoms with Gasteiger partial charge in [0.2, 0.25) is 16.9 Å². The molecular weight excluding hydrogens is 466 g/mol. The summed E-state index contributed by atoms with van der Waals surface area (Å²) in [6.45, 7) is 7.07. The summed E-state index contributed by atoms with van der Waals surface area (Å²) >= 11 is -2.17. The number of H-pyrrole nitrogens is 1. The van der Waals surface area contributed by atoms with Crippen LogP contribution < -0.4 is 4.72 Å². The molecule has 178 valence electrons. The van der Waals surface area contributed by atoms with Gasteiger partial charge in [-0.25, -0.2) is 13.9 Å². The number of rotatable bonds is 8. The van der Waals surface area contributed by atoms with E-state index in [1.54, 1.807) is 19.1 Å². The summed E-state index contributed by atoms with van der Waals surface area (Å²) in [5.41, 5.74) is 0.306.